The first-order chi connectivity index (χ1) is 18.6. The molecule has 1 fully saturated rings. The van der Waals surface area contributed by atoms with Gasteiger partial charge < -0.3 is 19.1 Å². The van der Waals surface area contributed by atoms with E-state index in [1.54, 1.807) is 0 Å². The lowest BCUT2D eigenvalue weighted by Crippen LogP contribution is -2.30. The summed E-state index contributed by atoms with van der Waals surface area (Å²) in [5, 5.41) is 0. The van der Waals surface area contributed by atoms with E-state index < -0.39 is 0 Å². The minimum absolute atomic E-state index is 0. The molecule has 0 radical (unpaired) electrons. The van der Waals surface area contributed by atoms with Crippen molar-refractivity contribution in [3.8, 4) is 17.2 Å². The predicted octanol–water partition coefficient (Wildman–Crippen LogP) is 6.31. The molecule has 3 aliphatic heterocycles. The number of ether oxygens (including phenoxy) is 3. The van der Waals surface area contributed by atoms with E-state index >= 15 is 0 Å². The Morgan fingerprint density at radius 3 is 2.41 bits per heavy atom. The minimum atomic E-state index is 0. The number of halogens is 1. The molecule has 3 aliphatic rings. The van der Waals surface area contributed by atoms with E-state index in [-0.39, 0.29) is 18.3 Å². The lowest BCUT2D eigenvalue weighted by Gasteiger charge is -2.30. The molecule has 0 unspecified atom stereocenters. The molecule has 1 saturated heterocycles. The second kappa shape index (κ2) is 11.7. The SMILES string of the molecule is CCN(CC)C(=O)c1ccc2c(c1)OCc1ccccc1C2=C1CCN(Cc2ccc3c(c2)OCO3)CC1.Cl. The lowest BCUT2D eigenvalue weighted by atomic mass is 9.86. The van der Waals surface area contributed by atoms with Crippen LogP contribution in [0.4, 0.5) is 0 Å². The van der Waals surface area contributed by atoms with E-state index in [4.69, 9.17) is 14.2 Å². The second-order valence-electron chi connectivity index (χ2n) is 10.1. The van der Waals surface area contributed by atoms with Crippen LogP contribution in [0.2, 0.25) is 0 Å². The number of benzene rings is 3. The lowest BCUT2D eigenvalue weighted by molar-refractivity contribution is 0.0772. The molecule has 6 nitrogen and oxygen atoms in total. The first kappa shape index (κ1) is 27.1. The summed E-state index contributed by atoms with van der Waals surface area (Å²) < 4.78 is 17.4. The molecule has 39 heavy (non-hydrogen) atoms. The molecular weight excluding hydrogens is 512 g/mol. The van der Waals surface area contributed by atoms with Gasteiger partial charge in [0, 0.05) is 43.9 Å². The van der Waals surface area contributed by atoms with Gasteiger partial charge in [-0.25, -0.2) is 0 Å². The molecule has 3 aromatic rings. The molecule has 0 aromatic heterocycles. The molecule has 0 N–H and O–H groups in total. The monoisotopic (exact) mass is 546 g/mol. The zero-order chi connectivity index (χ0) is 26.1. The number of hydrogen-bond acceptors (Lipinski definition) is 5. The van der Waals surface area contributed by atoms with Gasteiger partial charge in [0.25, 0.3) is 5.91 Å². The maximum absolute atomic E-state index is 13.1. The van der Waals surface area contributed by atoms with Crippen LogP contribution < -0.4 is 14.2 Å². The summed E-state index contributed by atoms with van der Waals surface area (Å²) in [6.45, 7) is 9.09. The maximum Gasteiger partial charge on any atom is 0.253 e. The normalized spacial score (nSPS) is 15.9. The highest BCUT2D eigenvalue weighted by Crippen LogP contribution is 2.42. The fourth-order valence-corrected chi connectivity index (χ4v) is 5.77. The van der Waals surface area contributed by atoms with Crippen LogP contribution in [0.25, 0.3) is 5.57 Å². The molecule has 1 amide bonds. The van der Waals surface area contributed by atoms with Crippen LogP contribution in [0, 0.1) is 0 Å². The molecule has 0 aliphatic carbocycles. The highest BCUT2D eigenvalue weighted by Gasteiger charge is 2.26. The number of nitrogens with zero attached hydrogens (tertiary/aromatic N) is 2. The van der Waals surface area contributed by atoms with Crippen molar-refractivity contribution in [2.24, 2.45) is 0 Å². The van der Waals surface area contributed by atoms with Crippen LogP contribution in [-0.2, 0) is 13.2 Å². The summed E-state index contributed by atoms with van der Waals surface area (Å²) >= 11 is 0. The average Bonchev–Trinajstić information content (AvgIpc) is 3.36. The topological polar surface area (TPSA) is 51.2 Å². The summed E-state index contributed by atoms with van der Waals surface area (Å²) in [5.41, 5.74) is 8.17. The highest BCUT2D eigenvalue weighted by atomic mass is 35.5. The number of piperidine rings is 1. The van der Waals surface area contributed by atoms with Crippen molar-refractivity contribution in [3.05, 3.63) is 94.1 Å². The smallest absolute Gasteiger partial charge is 0.253 e. The number of carbonyl (C=O) groups excluding carboxylic acids is 1. The molecule has 204 valence electrons. The Bertz CT molecular complexity index is 1390. The molecule has 3 heterocycles. The standard InChI is InChI=1S/C32H34N2O4.ClH/c1-3-34(4-2)32(35)24-10-11-27-29(18-24)36-20-25-7-5-6-8-26(25)31(27)23-13-15-33(16-14-23)19-22-9-12-28-30(17-22)38-21-37-28;/h5-12,17-18H,3-4,13-16,19-21H2,1-2H3;1H. The number of rotatable bonds is 5. The van der Waals surface area contributed by atoms with Crippen LogP contribution in [0.3, 0.4) is 0 Å². The molecule has 0 atom stereocenters. The largest absolute Gasteiger partial charge is 0.488 e. The number of fused-ring (bicyclic) bond motifs is 3. The molecule has 3 aromatic carbocycles. The Labute approximate surface area is 236 Å². The van der Waals surface area contributed by atoms with E-state index in [9.17, 15) is 4.79 Å². The molecule has 7 heteroatoms. The van der Waals surface area contributed by atoms with E-state index in [2.05, 4.69) is 47.4 Å². The molecular formula is C32H35ClN2O4. The zero-order valence-electron chi connectivity index (χ0n) is 22.6. The van der Waals surface area contributed by atoms with Gasteiger partial charge in [-0.2, -0.15) is 0 Å². The third kappa shape index (κ3) is 5.36. The van der Waals surface area contributed by atoms with Gasteiger partial charge in [-0.05, 0) is 79.3 Å². The summed E-state index contributed by atoms with van der Waals surface area (Å²) in [4.78, 5) is 17.4. The number of likely N-dealkylation sites (tertiary alicyclic amines) is 1. The average molecular weight is 547 g/mol. The molecule has 0 bridgehead atoms. The first-order valence-electron chi connectivity index (χ1n) is 13.6. The highest BCUT2D eigenvalue weighted by molar-refractivity contribution is 5.96. The van der Waals surface area contributed by atoms with Crippen LogP contribution in [0.5, 0.6) is 17.2 Å². The molecule has 6 rings (SSSR count). The summed E-state index contributed by atoms with van der Waals surface area (Å²) in [6.07, 6.45) is 1.99. The van der Waals surface area contributed by atoms with Gasteiger partial charge in [0.1, 0.15) is 12.4 Å². The van der Waals surface area contributed by atoms with Crippen LogP contribution in [-0.4, -0.2) is 48.7 Å². The van der Waals surface area contributed by atoms with Crippen molar-refractivity contribution in [2.45, 2.75) is 39.8 Å². The van der Waals surface area contributed by atoms with Gasteiger partial charge in [0.2, 0.25) is 6.79 Å². The van der Waals surface area contributed by atoms with Crippen LogP contribution >= 0.6 is 12.4 Å². The van der Waals surface area contributed by atoms with Crippen LogP contribution in [0.15, 0.2) is 66.2 Å². The van der Waals surface area contributed by atoms with Gasteiger partial charge in [-0.1, -0.05) is 35.9 Å². The van der Waals surface area contributed by atoms with E-state index in [0.29, 0.717) is 32.1 Å². The maximum atomic E-state index is 13.1. The van der Waals surface area contributed by atoms with Crippen molar-refractivity contribution < 1.29 is 19.0 Å². The number of carbonyl (C=O) groups is 1. The number of amides is 1. The summed E-state index contributed by atoms with van der Waals surface area (Å²) in [6, 6.07) is 20.8. The fourth-order valence-electron chi connectivity index (χ4n) is 5.77. The van der Waals surface area contributed by atoms with E-state index in [1.165, 1.54) is 27.8 Å². The Kier molecular flexibility index (Phi) is 8.15. The van der Waals surface area contributed by atoms with Gasteiger partial charge >= 0.3 is 0 Å². The van der Waals surface area contributed by atoms with Gasteiger partial charge in [-0.15, -0.1) is 12.4 Å². The van der Waals surface area contributed by atoms with Crippen molar-refractivity contribution >= 4 is 23.9 Å². The first-order valence-corrected chi connectivity index (χ1v) is 13.6. The second-order valence-corrected chi connectivity index (χ2v) is 10.1. The summed E-state index contributed by atoms with van der Waals surface area (Å²) in [5.74, 6) is 2.51. The van der Waals surface area contributed by atoms with Crippen molar-refractivity contribution in [3.63, 3.8) is 0 Å². The Morgan fingerprint density at radius 2 is 1.62 bits per heavy atom. The zero-order valence-corrected chi connectivity index (χ0v) is 23.4. The van der Waals surface area contributed by atoms with Crippen molar-refractivity contribution in [1.82, 2.24) is 9.80 Å². The quantitative estimate of drug-likeness (QED) is 0.375. The van der Waals surface area contributed by atoms with Crippen molar-refractivity contribution in [2.75, 3.05) is 33.0 Å². The van der Waals surface area contributed by atoms with Gasteiger partial charge in [0.05, 0.1) is 0 Å². The fraction of sp³-hybridized carbons (Fsp3) is 0.344. The molecule has 0 spiro atoms. The Hall–Kier alpha value is -3.48. The Morgan fingerprint density at radius 1 is 0.846 bits per heavy atom. The van der Waals surface area contributed by atoms with Crippen LogP contribution in [0.1, 0.15) is 59.3 Å². The summed E-state index contributed by atoms with van der Waals surface area (Å²) in [7, 11) is 0. The minimum Gasteiger partial charge on any atom is -0.488 e. The predicted molar refractivity (Wildman–Crippen MR) is 155 cm³/mol. The third-order valence-corrected chi connectivity index (χ3v) is 7.87. The van der Waals surface area contributed by atoms with E-state index in [0.717, 1.165) is 55.3 Å². The molecule has 0 saturated carbocycles. The number of hydrogen-bond donors (Lipinski definition) is 0. The van der Waals surface area contributed by atoms with E-state index in [1.807, 2.05) is 36.9 Å². The van der Waals surface area contributed by atoms with Gasteiger partial charge in [-0.3, -0.25) is 9.69 Å². The van der Waals surface area contributed by atoms with Crippen molar-refractivity contribution in [1.29, 1.82) is 0 Å². The van der Waals surface area contributed by atoms with Gasteiger partial charge in [0.15, 0.2) is 11.5 Å². The Balaban J connectivity index is 0.00000308. The third-order valence-electron chi connectivity index (χ3n) is 7.87.